The molecule has 1 amide bonds. The summed E-state index contributed by atoms with van der Waals surface area (Å²) in [4.78, 5) is 27.1. The Bertz CT molecular complexity index is 1400. The van der Waals surface area contributed by atoms with E-state index in [4.69, 9.17) is 0 Å². The summed E-state index contributed by atoms with van der Waals surface area (Å²) in [5, 5.41) is 9.97. The minimum absolute atomic E-state index is 0.109. The number of nitrogens with one attached hydrogen (secondary N) is 1. The molecule has 1 aliphatic carbocycles. The normalized spacial score (nSPS) is 16.1. The van der Waals surface area contributed by atoms with Crippen molar-refractivity contribution in [2.45, 2.75) is 38.5 Å². The molecule has 2 heterocycles. The Balaban J connectivity index is 1.64. The molecule has 2 aromatic carbocycles. The molecule has 2 N–H and O–H groups in total. The van der Waals surface area contributed by atoms with Crippen molar-refractivity contribution in [3.8, 4) is 0 Å². The summed E-state index contributed by atoms with van der Waals surface area (Å²) in [6.07, 6.45) is 9.84. The number of amides is 1. The van der Waals surface area contributed by atoms with Crippen LogP contribution in [0.4, 0.5) is 10.1 Å². The van der Waals surface area contributed by atoms with Gasteiger partial charge in [0, 0.05) is 42.9 Å². The fourth-order valence-corrected chi connectivity index (χ4v) is 4.91. The molecule has 0 bridgehead atoms. The zero-order valence-electron chi connectivity index (χ0n) is 20.5. The van der Waals surface area contributed by atoms with E-state index in [1.54, 1.807) is 13.2 Å². The predicted molar refractivity (Wildman–Crippen MR) is 141 cm³/mol. The van der Waals surface area contributed by atoms with Crippen molar-refractivity contribution in [1.29, 1.82) is 0 Å². The van der Waals surface area contributed by atoms with Gasteiger partial charge in [-0.2, -0.15) is 0 Å². The van der Waals surface area contributed by atoms with Gasteiger partial charge >= 0.3 is 0 Å². The van der Waals surface area contributed by atoms with Crippen LogP contribution in [-0.4, -0.2) is 41.7 Å². The van der Waals surface area contributed by atoms with E-state index in [0.29, 0.717) is 35.7 Å². The molecule has 5 rings (SSSR count). The average Bonchev–Trinajstić information content (AvgIpc) is 3.66. The Hall–Kier alpha value is -3.84. The molecule has 1 aromatic heterocycles. The summed E-state index contributed by atoms with van der Waals surface area (Å²) in [5.41, 5.74) is 6.43. The van der Waals surface area contributed by atoms with Gasteiger partial charge in [-0.1, -0.05) is 24.3 Å². The third kappa shape index (κ3) is 4.42. The lowest BCUT2D eigenvalue weighted by Gasteiger charge is -2.24. The number of aryl methyl sites for hydroxylation is 1. The molecule has 7 heteroatoms. The van der Waals surface area contributed by atoms with E-state index < -0.39 is 11.7 Å². The molecule has 6 nitrogen and oxygen atoms in total. The van der Waals surface area contributed by atoms with E-state index in [0.717, 1.165) is 40.8 Å². The van der Waals surface area contributed by atoms with Gasteiger partial charge in [0.25, 0.3) is 5.91 Å². The monoisotopic (exact) mass is 484 g/mol. The third-order valence-electron chi connectivity index (χ3n) is 6.81. The van der Waals surface area contributed by atoms with Gasteiger partial charge in [0.1, 0.15) is 12.2 Å². The lowest BCUT2D eigenvalue weighted by atomic mass is 9.93. The summed E-state index contributed by atoms with van der Waals surface area (Å²) in [7, 11) is 1.65. The highest BCUT2D eigenvalue weighted by atomic mass is 19.1. The highest BCUT2D eigenvalue weighted by molar-refractivity contribution is 6.18. The van der Waals surface area contributed by atoms with Gasteiger partial charge in [-0.15, -0.1) is 0 Å². The topological polar surface area (TPSA) is 81.0 Å². The Morgan fingerprint density at radius 1 is 1.25 bits per heavy atom. The number of hydrogen-bond donors (Lipinski definition) is 2. The number of aromatic amines is 1. The SMILES string of the molecule is CN=CN=C(c1cc[nH]c1C)c1cccc(N2C=CCc3cc(C4CC4)cc(F)c3C2=O)c1CCO. The quantitative estimate of drug-likeness (QED) is 0.362. The van der Waals surface area contributed by atoms with E-state index in [1.165, 1.54) is 17.3 Å². The van der Waals surface area contributed by atoms with E-state index in [9.17, 15) is 9.90 Å². The molecule has 2 aliphatic rings. The molecule has 36 heavy (non-hydrogen) atoms. The first-order valence-electron chi connectivity index (χ1n) is 12.2. The zero-order valence-corrected chi connectivity index (χ0v) is 20.5. The van der Waals surface area contributed by atoms with Gasteiger partial charge < -0.3 is 10.1 Å². The van der Waals surface area contributed by atoms with Gasteiger partial charge in [-0.3, -0.25) is 14.7 Å². The lowest BCUT2D eigenvalue weighted by Crippen LogP contribution is -2.28. The first-order valence-corrected chi connectivity index (χ1v) is 12.2. The van der Waals surface area contributed by atoms with Crippen LogP contribution in [0.3, 0.4) is 0 Å². The van der Waals surface area contributed by atoms with Gasteiger partial charge in [-0.05, 0) is 73.4 Å². The fourth-order valence-electron chi connectivity index (χ4n) is 4.91. The van der Waals surface area contributed by atoms with Crippen molar-refractivity contribution in [3.63, 3.8) is 0 Å². The molecule has 1 aliphatic heterocycles. The van der Waals surface area contributed by atoms with Crippen LogP contribution >= 0.6 is 0 Å². The summed E-state index contributed by atoms with van der Waals surface area (Å²) < 4.78 is 15.3. The molecular weight excluding hydrogens is 455 g/mol. The van der Waals surface area contributed by atoms with Crippen LogP contribution < -0.4 is 4.90 Å². The van der Waals surface area contributed by atoms with Crippen molar-refractivity contribution >= 4 is 23.6 Å². The summed E-state index contributed by atoms with van der Waals surface area (Å²) >= 11 is 0. The summed E-state index contributed by atoms with van der Waals surface area (Å²) in [6, 6.07) is 11.0. The predicted octanol–water partition coefficient (Wildman–Crippen LogP) is 5.09. The number of halogens is 1. The van der Waals surface area contributed by atoms with Gasteiger partial charge in [-0.25, -0.2) is 9.38 Å². The molecule has 0 unspecified atom stereocenters. The number of rotatable bonds is 7. The smallest absolute Gasteiger partial charge is 0.265 e. The number of nitrogens with zero attached hydrogens (tertiary/aromatic N) is 3. The van der Waals surface area contributed by atoms with Gasteiger partial charge in [0.05, 0.1) is 17.0 Å². The van der Waals surface area contributed by atoms with Crippen LogP contribution in [0.5, 0.6) is 0 Å². The number of benzene rings is 2. The number of carbonyl (C=O) groups excluding carboxylic acids is 1. The van der Waals surface area contributed by atoms with Crippen molar-refractivity contribution < 1.29 is 14.3 Å². The Kier molecular flexibility index (Phi) is 6.65. The maximum atomic E-state index is 15.3. The number of H-pyrrole nitrogens is 1. The standard InChI is InChI=1S/C29H29FN4O2/c1-18-22(10-12-32-18)28(33-17-31-2)24-6-3-7-26(23(24)11-14-35)34-13-4-5-20-15-21(19-8-9-19)16-25(30)27(20)29(34)36/h3-4,6-7,10,12-13,15-17,19,32,35H,5,8-9,11,14H2,1-2H3. The number of hydrogen-bond acceptors (Lipinski definition) is 3. The molecule has 184 valence electrons. The molecule has 0 spiro atoms. The Labute approximate surface area is 209 Å². The number of allylic oxidation sites excluding steroid dienone is 1. The summed E-state index contributed by atoms with van der Waals surface area (Å²) in [5.74, 6) is -0.490. The van der Waals surface area contributed by atoms with Crippen molar-refractivity contribution in [2.24, 2.45) is 9.98 Å². The Morgan fingerprint density at radius 2 is 2.08 bits per heavy atom. The molecule has 1 fully saturated rings. The number of anilines is 1. The minimum Gasteiger partial charge on any atom is -0.396 e. The maximum absolute atomic E-state index is 15.3. The number of aliphatic hydroxyl groups is 1. The minimum atomic E-state index is -0.475. The maximum Gasteiger partial charge on any atom is 0.265 e. The number of fused-ring (bicyclic) bond motifs is 1. The van der Waals surface area contributed by atoms with Crippen LogP contribution in [0.25, 0.3) is 0 Å². The highest BCUT2D eigenvalue weighted by Crippen LogP contribution is 2.42. The molecular formula is C29H29FN4O2. The summed E-state index contributed by atoms with van der Waals surface area (Å²) in [6.45, 7) is 1.84. The van der Waals surface area contributed by atoms with Crippen LogP contribution in [-0.2, 0) is 12.8 Å². The van der Waals surface area contributed by atoms with Crippen LogP contribution in [0.15, 0.2) is 64.9 Å². The van der Waals surface area contributed by atoms with Crippen molar-refractivity contribution in [1.82, 2.24) is 4.98 Å². The fraction of sp³-hybridized carbons (Fsp3) is 0.276. The number of aliphatic imine (C=N–C) groups is 2. The second kappa shape index (κ2) is 10.0. The van der Waals surface area contributed by atoms with E-state index >= 15 is 4.39 Å². The van der Waals surface area contributed by atoms with Crippen molar-refractivity contribution in [3.05, 3.63) is 99.8 Å². The lowest BCUT2D eigenvalue weighted by molar-refractivity contribution is 0.0993. The Morgan fingerprint density at radius 3 is 2.78 bits per heavy atom. The van der Waals surface area contributed by atoms with E-state index in [2.05, 4.69) is 15.0 Å². The molecule has 0 saturated heterocycles. The van der Waals surface area contributed by atoms with Crippen molar-refractivity contribution in [2.75, 3.05) is 18.6 Å². The number of aromatic nitrogens is 1. The largest absolute Gasteiger partial charge is 0.396 e. The van der Waals surface area contributed by atoms with Crippen LogP contribution in [0, 0.1) is 12.7 Å². The first kappa shape index (κ1) is 23.9. The molecule has 0 radical (unpaired) electrons. The van der Waals surface area contributed by atoms with Crippen LogP contribution in [0.2, 0.25) is 0 Å². The molecule has 3 aromatic rings. The highest BCUT2D eigenvalue weighted by Gasteiger charge is 2.31. The van der Waals surface area contributed by atoms with E-state index in [1.807, 2.05) is 49.5 Å². The second-order valence-electron chi connectivity index (χ2n) is 9.22. The van der Waals surface area contributed by atoms with Gasteiger partial charge in [0.2, 0.25) is 0 Å². The third-order valence-corrected chi connectivity index (χ3v) is 6.81. The van der Waals surface area contributed by atoms with Gasteiger partial charge in [0.15, 0.2) is 0 Å². The van der Waals surface area contributed by atoms with Crippen LogP contribution in [0.1, 0.15) is 62.6 Å². The first-order chi connectivity index (χ1) is 17.5. The number of aliphatic hydroxyl groups excluding tert-OH is 1. The second-order valence-corrected chi connectivity index (χ2v) is 9.22. The zero-order chi connectivity index (χ0) is 25.2. The average molecular weight is 485 g/mol. The molecule has 1 saturated carbocycles. The molecule has 0 atom stereocenters. The van der Waals surface area contributed by atoms with E-state index in [-0.39, 0.29) is 12.2 Å². The number of carbonyl (C=O) groups is 1.